The van der Waals surface area contributed by atoms with Crippen molar-refractivity contribution in [3.05, 3.63) is 34.9 Å². The summed E-state index contributed by atoms with van der Waals surface area (Å²) in [5.74, 6) is -0.371. The van der Waals surface area contributed by atoms with Gasteiger partial charge in [-0.1, -0.05) is 39.0 Å². The SMILES string of the molecule is CCOC(=O)C(N)c1ccc(C(C)(C)C)cc1C. The lowest BCUT2D eigenvalue weighted by Crippen LogP contribution is -2.25. The molecule has 0 amide bonds. The smallest absolute Gasteiger partial charge is 0.327 e. The molecule has 0 radical (unpaired) electrons. The van der Waals surface area contributed by atoms with E-state index >= 15 is 0 Å². The molecule has 3 nitrogen and oxygen atoms in total. The Morgan fingerprint density at radius 1 is 1.39 bits per heavy atom. The fraction of sp³-hybridized carbons (Fsp3) is 0.533. The minimum Gasteiger partial charge on any atom is -0.465 e. The lowest BCUT2D eigenvalue weighted by atomic mass is 9.84. The van der Waals surface area contributed by atoms with Crippen LogP contribution in [0.25, 0.3) is 0 Å². The predicted octanol–water partition coefficient (Wildman–Crippen LogP) is 2.86. The summed E-state index contributed by atoms with van der Waals surface area (Å²) in [4.78, 5) is 11.6. The van der Waals surface area contributed by atoms with Gasteiger partial charge < -0.3 is 10.5 Å². The maximum atomic E-state index is 11.6. The van der Waals surface area contributed by atoms with Gasteiger partial charge >= 0.3 is 5.97 Å². The molecule has 3 heteroatoms. The second kappa shape index (κ2) is 5.53. The van der Waals surface area contributed by atoms with Gasteiger partial charge in [-0.25, -0.2) is 4.79 Å². The van der Waals surface area contributed by atoms with Crippen LogP contribution in [0.4, 0.5) is 0 Å². The topological polar surface area (TPSA) is 52.3 Å². The molecule has 1 aromatic rings. The molecule has 0 saturated heterocycles. The second-order valence-electron chi connectivity index (χ2n) is 5.55. The Labute approximate surface area is 109 Å². The van der Waals surface area contributed by atoms with Crippen LogP contribution in [0.1, 0.15) is 50.4 Å². The lowest BCUT2D eigenvalue weighted by Gasteiger charge is -2.21. The van der Waals surface area contributed by atoms with E-state index in [0.29, 0.717) is 6.61 Å². The van der Waals surface area contributed by atoms with Gasteiger partial charge in [-0.2, -0.15) is 0 Å². The van der Waals surface area contributed by atoms with Gasteiger partial charge in [0.25, 0.3) is 0 Å². The Balaban J connectivity index is 3.02. The normalized spacial score (nSPS) is 13.2. The maximum Gasteiger partial charge on any atom is 0.327 e. The van der Waals surface area contributed by atoms with E-state index in [-0.39, 0.29) is 11.4 Å². The van der Waals surface area contributed by atoms with Crippen molar-refractivity contribution in [1.29, 1.82) is 0 Å². The minimum absolute atomic E-state index is 0.0946. The molecule has 0 fully saturated rings. The molecule has 0 bridgehead atoms. The summed E-state index contributed by atoms with van der Waals surface area (Å²) in [5, 5.41) is 0. The lowest BCUT2D eigenvalue weighted by molar-refractivity contribution is -0.144. The van der Waals surface area contributed by atoms with Crippen LogP contribution in [0.2, 0.25) is 0 Å². The van der Waals surface area contributed by atoms with Gasteiger partial charge in [-0.05, 0) is 36.0 Å². The average Bonchev–Trinajstić information content (AvgIpc) is 2.27. The number of benzene rings is 1. The van der Waals surface area contributed by atoms with E-state index in [1.165, 1.54) is 5.56 Å². The fourth-order valence-corrected chi connectivity index (χ4v) is 1.85. The van der Waals surface area contributed by atoms with Gasteiger partial charge in [0.15, 0.2) is 0 Å². The van der Waals surface area contributed by atoms with E-state index in [4.69, 9.17) is 10.5 Å². The number of hydrogen-bond acceptors (Lipinski definition) is 3. The monoisotopic (exact) mass is 249 g/mol. The number of carbonyl (C=O) groups excluding carboxylic acids is 1. The van der Waals surface area contributed by atoms with Gasteiger partial charge in [0.1, 0.15) is 6.04 Å². The van der Waals surface area contributed by atoms with E-state index in [1.807, 2.05) is 19.1 Å². The first-order chi connectivity index (χ1) is 8.27. The van der Waals surface area contributed by atoms with Crippen molar-refractivity contribution in [3.63, 3.8) is 0 Å². The molecule has 0 aliphatic rings. The third-order valence-corrected chi connectivity index (χ3v) is 3.01. The number of rotatable bonds is 3. The standard InChI is InChI=1S/C15H23NO2/c1-6-18-14(17)13(16)12-8-7-11(9-10(12)2)15(3,4)5/h7-9,13H,6,16H2,1-5H3. The van der Waals surface area contributed by atoms with Crippen LogP contribution in [-0.4, -0.2) is 12.6 Å². The van der Waals surface area contributed by atoms with Gasteiger partial charge in [-0.15, -0.1) is 0 Å². The molecule has 0 saturated carbocycles. The Hall–Kier alpha value is -1.35. The summed E-state index contributed by atoms with van der Waals surface area (Å²) in [6, 6.07) is 5.35. The van der Waals surface area contributed by atoms with E-state index in [9.17, 15) is 4.79 Å². The van der Waals surface area contributed by atoms with Gasteiger partial charge in [0, 0.05) is 0 Å². The summed E-state index contributed by atoms with van der Waals surface area (Å²) in [6.45, 7) is 10.6. The highest BCUT2D eigenvalue weighted by atomic mass is 16.5. The van der Waals surface area contributed by atoms with Gasteiger partial charge in [0.2, 0.25) is 0 Å². The van der Waals surface area contributed by atoms with E-state index in [2.05, 4.69) is 26.8 Å². The van der Waals surface area contributed by atoms with Crippen molar-refractivity contribution >= 4 is 5.97 Å². The number of hydrogen-bond donors (Lipinski definition) is 1. The first kappa shape index (κ1) is 14.7. The summed E-state index contributed by atoms with van der Waals surface area (Å²) in [6.07, 6.45) is 0. The molecule has 1 unspecified atom stereocenters. The molecule has 0 aromatic heterocycles. The molecule has 2 N–H and O–H groups in total. The molecule has 0 heterocycles. The number of carbonyl (C=O) groups is 1. The highest BCUT2D eigenvalue weighted by Gasteiger charge is 2.21. The quantitative estimate of drug-likeness (QED) is 0.838. The van der Waals surface area contributed by atoms with Crippen molar-refractivity contribution in [3.8, 4) is 0 Å². The summed E-state index contributed by atoms with van der Waals surface area (Å²) in [7, 11) is 0. The van der Waals surface area contributed by atoms with Crippen LogP contribution in [0.15, 0.2) is 18.2 Å². The van der Waals surface area contributed by atoms with Crippen LogP contribution in [0.5, 0.6) is 0 Å². The number of nitrogens with two attached hydrogens (primary N) is 1. The molecule has 0 aliphatic carbocycles. The Morgan fingerprint density at radius 3 is 2.44 bits per heavy atom. The first-order valence-electron chi connectivity index (χ1n) is 6.30. The van der Waals surface area contributed by atoms with Crippen molar-refractivity contribution in [1.82, 2.24) is 0 Å². The minimum atomic E-state index is -0.695. The van der Waals surface area contributed by atoms with Crippen molar-refractivity contribution < 1.29 is 9.53 Å². The third-order valence-electron chi connectivity index (χ3n) is 3.01. The second-order valence-corrected chi connectivity index (χ2v) is 5.55. The van der Waals surface area contributed by atoms with Crippen molar-refractivity contribution in [2.45, 2.75) is 46.1 Å². The first-order valence-corrected chi connectivity index (χ1v) is 6.30. The van der Waals surface area contributed by atoms with Gasteiger partial charge in [0.05, 0.1) is 6.61 Å². The predicted molar refractivity (Wildman–Crippen MR) is 73.4 cm³/mol. The van der Waals surface area contributed by atoms with E-state index in [1.54, 1.807) is 6.92 Å². The fourth-order valence-electron chi connectivity index (χ4n) is 1.85. The molecule has 100 valence electrons. The Bertz CT molecular complexity index is 433. The molecule has 1 atom stereocenters. The number of ether oxygens (including phenoxy) is 1. The molecular formula is C15H23NO2. The summed E-state index contributed by atoms with van der Waals surface area (Å²) < 4.78 is 4.95. The van der Waals surface area contributed by atoms with Crippen molar-refractivity contribution in [2.75, 3.05) is 6.61 Å². The highest BCUT2D eigenvalue weighted by Crippen LogP contribution is 2.26. The van der Waals surface area contributed by atoms with Crippen LogP contribution in [-0.2, 0) is 14.9 Å². The van der Waals surface area contributed by atoms with E-state index in [0.717, 1.165) is 11.1 Å². The third kappa shape index (κ3) is 3.33. The molecule has 0 spiro atoms. The average molecular weight is 249 g/mol. The van der Waals surface area contributed by atoms with E-state index < -0.39 is 6.04 Å². The maximum absolute atomic E-state index is 11.6. The molecule has 1 rings (SSSR count). The molecular weight excluding hydrogens is 226 g/mol. The van der Waals surface area contributed by atoms with Crippen molar-refractivity contribution in [2.24, 2.45) is 5.73 Å². The summed E-state index contributed by atoms with van der Waals surface area (Å²) >= 11 is 0. The Morgan fingerprint density at radius 2 is 2.00 bits per heavy atom. The molecule has 18 heavy (non-hydrogen) atoms. The number of aryl methyl sites for hydroxylation is 1. The zero-order valence-corrected chi connectivity index (χ0v) is 11.9. The van der Waals surface area contributed by atoms with Crippen LogP contribution < -0.4 is 5.73 Å². The van der Waals surface area contributed by atoms with Crippen LogP contribution in [0, 0.1) is 6.92 Å². The number of esters is 1. The highest BCUT2D eigenvalue weighted by molar-refractivity contribution is 5.77. The molecule has 1 aromatic carbocycles. The van der Waals surface area contributed by atoms with Crippen LogP contribution >= 0.6 is 0 Å². The summed E-state index contributed by atoms with van der Waals surface area (Å²) in [5.41, 5.74) is 9.11. The zero-order chi connectivity index (χ0) is 13.9. The zero-order valence-electron chi connectivity index (χ0n) is 11.9. The van der Waals surface area contributed by atoms with Crippen LogP contribution in [0.3, 0.4) is 0 Å². The molecule has 0 aliphatic heterocycles. The Kier molecular flexibility index (Phi) is 4.52. The van der Waals surface area contributed by atoms with Gasteiger partial charge in [-0.3, -0.25) is 0 Å². The largest absolute Gasteiger partial charge is 0.465 e.